The summed E-state index contributed by atoms with van der Waals surface area (Å²) in [5, 5.41) is 16.5. The second-order valence-electron chi connectivity index (χ2n) is 5.30. The molecule has 1 rings (SSSR count). The predicted octanol–water partition coefficient (Wildman–Crippen LogP) is 1.10. The van der Waals surface area contributed by atoms with Gasteiger partial charge < -0.3 is 10.4 Å². The number of aliphatic carboxylic acids is 1. The minimum absolute atomic E-state index is 0.118. The van der Waals surface area contributed by atoms with Gasteiger partial charge in [0.2, 0.25) is 5.91 Å². The van der Waals surface area contributed by atoms with Crippen molar-refractivity contribution < 1.29 is 19.5 Å². The topological polar surface area (TPSA) is 108 Å². The number of rotatable bonds is 8. The molecule has 7 heteroatoms. The van der Waals surface area contributed by atoms with Crippen LogP contribution in [0.3, 0.4) is 0 Å². The highest BCUT2D eigenvalue weighted by molar-refractivity contribution is 5.95. The number of benzene rings is 1. The number of hydrogen-bond acceptors (Lipinski definition) is 4. The summed E-state index contributed by atoms with van der Waals surface area (Å²) in [5.74, 6) is -1.71. The Kier molecular flexibility index (Phi) is 7.76. The molecule has 1 aromatic carbocycles. The maximum Gasteiger partial charge on any atom is 0.321 e. The van der Waals surface area contributed by atoms with Crippen LogP contribution in [0.4, 0.5) is 4.79 Å². The predicted molar refractivity (Wildman–Crippen MR) is 85.7 cm³/mol. The van der Waals surface area contributed by atoms with Crippen molar-refractivity contribution in [2.45, 2.75) is 32.9 Å². The monoisotopic (exact) mass is 321 g/mol. The first-order valence-electron chi connectivity index (χ1n) is 7.51. The summed E-state index contributed by atoms with van der Waals surface area (Å²) in [6.45, 7) is 3.73. The van der Waals surface area contributed by atoms with E-state index in [1.165, 1.54) is 0 Å². The zero-order valence-electron chi connectivity index (χ0n) is 13.3. The second-order valence-corrected chi connectivity index (χ2v) is 5.30. The molecule has 0 radical (unpaired) electrons. The minimum atomic E-state index is -1.01. The quantitative estimate of drug-likeness (QED) is 0.573. The van der Waals surface area contributed by atoms with E-state index < -0.39 is 23.9 Å². The van der Waals surface area contributed by atoms with Crippen molar-refractivity contribution in [3.8, 4) is 0 Å². The maximum atomic E-state index is 11.7. The Bertz CT molecular complexity index is 533. The van der Waals surface area contributed by atoms with Crippen molar-refractivity contribution in [3.05, 3.63) is 35.9 Å². The van der Waals surface area contributed by atoms with Gasteiger partial charge in [0.1, 0.15) is 6.04 Å². The van der Waals surface area contributed by atoms with Gasteiger partial charge in [0, 0.05) is 6.54 Å². The van der Waals surface area contributed by atoms with Gasteiger partial charge in [-0.25, -0.2) is 4.79 Å². The number of amides is 3. The summed E-state index contributed by atoms with van der Waals surface area (Å²) in [6.07, 6.45) is 0.670. The third kappa shape index (κ3) is 6.92. The van der Waals surface area contributed by atoms with Crippen molar-refractivity contribution >= 4 is 17.9 Å². The van der Waals surface area contributed by atoms with Crippen LogP contribution in [0.2, 0.25) is 0 Å². The van der Waals surface area contributed by atoms with Gasteiger partial charge in [0.05, 0.1) is 6.54 Å². The largest absolute Gasteiger partial charge is 0.480 e. The van der Waals surface area contributed by atoms with Crippen LogP contribution >= 0.6 is 0 Å². The van der Waals surface area contributed by atoms with Gasteiger partial charge in [-0.2, -0.15) is 0 Å². The summed E-state index contributed by atoms with van der Waals surface area (Å²) in [6, 6.07) is 7.85. The molecule has 2 atom stereocenters. The highest BCUT2D eigenvalue weighted by Crippen LogP contribution is 2.07. The Balaban J connectivity index is 2.35. The average Bonchev–Trinajstić information content (AvgIpc) is 2.53. The Labute approximate surface area is 135 Å². The molecular formula is C16H23N3O4. The summed E-state index contributed by atoms with van der Waals surface area (Å²) in [7, 11) is 0. The highest BCUT2D eigenvalue weighted by Gasteiger charge is 2.23. The molecule has 0 bridgehead atoms. The van der Waals surface area contributed by atoms with E-state index in [1.54, 1.807) is 6.92 Å². The molecule has 0 fully saturated rings. The number of carbonyl (C=O) groups excluding carboxylic acids is 2. The van der Waals surface area contributed by atoms with Gasteiger partial charge in [-0.15, -0.1) is 0 Å². The van der Waals surface area contributed by atoms with Crippen molar-refractivity contribution in [1.29, 1.82) is 0 Å². The third-order valence-corrected chi connectivity index (χ3v) is 3.51. The van der Waals surface area contributed by atoms with Gasteiger partial charge in [-0.3, -0.25) is 20.2 Å². The van der Waals surface area contributed by atoms with Gasteiger partial charge in [0.25, 0.3) is 0 Å². The van der Waals surface area contributed by atoms with E-state index in [0.717, 1.165) is 5.56 Å². The summed E-state index contributed by atoms with van der Waals surface area (Å²) < 4.78 is 0. The first-order chi connectivity index (χ1) is 10.9. The molecule has 3 amide bonds. The van der Waals surface area contributed by atoms with E-state index in [9.17, 15) is 14.4 Å². The molecule has 4 N–H and O–H groups in total. The van der Waals surface area contributed by atoms with Crippen molar-refractivity contribution in [2.24, 2.45) is 5.92 Å². The number of carboxylic acid groups (broad SMARTS) is 1. The SMILES string of the molecule is CC[C@H](C)[C@H](NCC(=O)NC(=O)NCc1ccccc1)C(=O)O. The Hall–Kier alpha value is -2.41. The molecule has 0 aliphatic heterocycles. The first kappa shape index (κ1) is 18.6. The van der Waals surface area contributed by atoms with Crippen LogP contribution in [0.15, 0.2) is 30.3 Å². The highest BCUT2D eigenvalue weighted by atomic mass is 16.4. The standard InChI is InChI=1S/C16H23N3O4/c1-3-11(2)14(15(21)22)17-10-13(20)19-16(23)18-9-12-7-5-4-6-8-12/h4-8,11,14,17H,3,9-10H2,1-2H3,(H,21,22)(H2,18,19,20,23)/t11-,14-/m0/s1. The smallest absolute Gasteiger partial charge is 0.321 e. The fraction of sp³-hybridized carbons (Fsp3) is 0.438. The lowest BCUT2D eigenvalue weighted by atomic mass is 9.99. The van der Waals surface area contributed by atoms with Crippen LogP contribution in [-0.4, -0.2) is 35.6 Å². The molecule has 126 valence electrons. The fourth-order valence-corrected chi connectivity index (χ4v) is 1.96. The number of hydrogen-bond donors (Lipinski definition) is 4. The molecule has 7 nitrogen and oxygen atoms in total. The molecule has 0 saturated carbocycles. The van der Waals surface area contributed by atoms with Crippen molar-refractivity contribution in [1.82, 2.24) is 16.0 Å². The van der Waals surface area contributed by atoms with E-state index in [4.69, 9.17) is 5.11 Å². The van der Waals surface area contributed by atoms with Crippen molar-refractivity contribution in [3.63, 3.8) is 0 Å². The maximum absolute atomic E-state index is 11.7. The number of carbonyl (C=O) groups is 3. The lowest BCUT2D eigenvalue weighted by Crippen LogP contribution is -2.48. The van der Waals surface area contributed by atoms with E-state index in [0.29, 0.717) is 13.0 Å². The Morgan fingerprint density at radius 3 is 2.39 bits per heavy atom. The lowest BCUT2D eigenvalue weighted by molar-refractivity contribution is -0.140. The summed E-state index contributed by atoms with van der Waals surface area (Å²) in [5.41, 5.74) is 0.913. The molecule has 0 spiro atoms. The van der Waals surface area contributed by atoms with E-state index >= 15 is 0 Å². The molecule has 1 aromatic rings. The zero-order valence-corrected chi connectivity index (χ0v) is 13.3. The molecule has 0 saturated heterocycles. The van der Waals surface area contributed by atoms with Gasteiger partial charge in [0.15, 0.2) is 0 Å². The molecular weight excluding hydrogens is 298 g/mol. The zero-order chi connectivity index (χ0) is 17.2. The van der Waals surface area contributed by atoms with E-state index in [-0.39, 0.29) is 12.5 Å². The van der Waals surface area contributed by atoms with Crippen LogP contribution in [0.25, 0.3) is 0 Å². The molecule has 0 aliphatic rings. The average molecular weight is 321 g/mol. The summed E-state index contributed by atoms with van der Waals surface area (Å²) >= 11 is 0. The second kappa shape index (κ2) is 9.58. The fourth-order valence-electron chi connectivity index (χ4n) is 1.96. The van der Waals surface area contributed by atoms with Crippen LogP contribution < -0.4 is 16.0 Å². The van der Waals surface area contributed by atoms with Gasteiger partial charge in [-0.05, 0) is 11.5 Å². The lowest BCUT2D eigenvalue weighted by Gasteiger charge is -2.19. The first-order valence-corrected chi connectivity index (χ1v) is 7.51. The molecule has 0 unspecified atom stereocenters. The molecule has 0 heterocycles. The Morgan fingerprint density at radius 2 is 1.83 bits per heavy atom. The Morgan fingerprint density at radius 1 is 1.17 bits per heavy atom. The van der Waals surface area contributed by atoms with E-state index in [2.05, 4.69) is 16.0 Å². The van der Waals surface area contributed by atoms with Crippen LogP contribution in [0, 0.1) is 5.92 Å². The van der Waals surface area contributed by atoms with Gasteiger partial charge >= 0.3 is 12.0 Å². The van der Waals surface area contributed by atoms with Crippen molar-refractivity contribution in [2.75, 3.05) is 6.54 Å². The number of carboxylic acids is 1. The van der Waals surface area contributed by atoms with Crippen LogP contribution in [0.1, 0.15) is 25.8 Å². The minimum Gasteiger partial charge on any atom is -0.480 e. The van der Waals surface area contributed by atoms with Gasteiger partial charge in [-0.1, -0.05) is 50.6 Å². The normalized spacial score (nSPS) is 13.0. The summed E-state index contributed by atoms with van der Waals surface area (Å²) in [4.78, 5) is 34.4. The number of imide groups is 1. The molecule has 23 heavy (non-hydrogen) atoms. The molecule has 0 aromatic heterocycles. The number of nitrogens with one attached hydrogen (secondary N) is 3. The number of urea groups is 1. The van der Waals surface area contributed by atoms with E-state index in [1.807, 2.05) is 37.3 Å². The van der Waals surface area contributed by atoms with Crippen LogP contribution in [0.5, 0.6) is 0 Å². The third-order valence-electron chi connectivity index (χ3n) is 3.51. The van der Waals surface area contributed by atoms with Crippen LogP contribution in [-0.2, 0) is 16.1 Å². The molecule has 0 aliphatic carbocycles.